The van der Waals surface area contributed by atoms with Crippen molar-refractivity contribution >= 4 is 0 Å². The predicted octanol–water partition coefficient (Wildman–Crippen LogP) is 4.35. The second-order valence-corrected chi connectivity index (χ2v) is 6.45. The third-order valence-corrected chi connectivity index (χ3v) is 4.80. The molecule has 3 heteroatoms. The van der Waals surface area contributed by atoms with Crippen LogP contribution in [0.5, 0.6) is 11.5 Å². The number of nitrogens with two attached hydrogens (primary N) is 1. The molecule has 3 unspecified atom stereocenters. The van der Waals surface area contributed by atoms with Gasteiger partial charge >= 0.3 is 0 Å². The van der Waals surface area contributed by atoms with Gasteiger partial charge in [0.15, 0.2) is 11.5 Å². The predicted molar refractivity (Wildman–Crippen MR) is 91.7 cm³/mol. The standard InChI is InChI=1S/C19H31NO2/c1-4-21-18-10-9-16(12-19(18)22-5-2)17(13-20)15-8-6-7-14(3)11-15/h9-10,12,14-15,17H,4-8,11,13,20H2,1-3H3. The maximum absolute atomic E-state index is 6.13. The van der Waals surface area contributed by atoms with Crippen molar-refractivity contribution in [2.45, 2.75) is 52.4 Å². The summed E-state index contributed by atoms with van der Waals surface area (Å²) in [5, 5.41) is 0. The minimum Gasteiger partial charge on any atom is -0.490 e. The summed E-state index contributed by atoms with van der Waals surface area (Å²) in [5.74, 6) is 3.63. The lowest BCUT2D eigenvalue weighted by Crippen LogP contribution is -2.26. The van der Waals surface area contributed by atoms with Gasteiger partial charge in [0.25, 0.3) is 0 Å². The molecule has 3 nitrogen and oxygen atoms in total. The summed E-state index contributed by atoms with van der Waals surface area (Å²) >= 11 is 0. The number of hydrogen-bond acceptors (Lipinski definition) is 3. The van der Waals surface area contributed by atoms with Crippen molar-refractivity contribution in [3.05, 3.63) is 23.8 Å². The average Bonchev–Trinajstić information content (AvgIpc) is 2.51. The van der Waals surface area contributed by atoms with Crippen LogP contribution in [0.25, 0.3) is 0 Å². The molecule has 0 amide bonds. The van der Waals surface area contributed by atoms with Crippen molar-refractivity contribution in [3.63, 3.8) is 0 Å². The van der Waals surface area contributed by atoms with Gasteiger partial charge in [-0.05, 0) is 68.7 Å². The maximum atomic E-state index is 6.13. The zero-order valence-electron chi connectivity index (χ0n) is 14.3. The summed E-state index contributed by atoms with van der Waals surface area (Å²) in [6, 6.07) is 6.36. The second-order valence-electron chi connectivity index (χ2n) is 6.45. The molecule has 1 aromatic carbocycles. The zero-order valence-corrected chi connectivity index (χ0v) is 14.3. The van der Waals surface area contributed by atoms with Crippen LogP contribution in [-0.2, 0) is 0 Å². The van der Waals surface area contributed by atoms with Crippen molar-refractivity contribution in [3.8, 4) is 11.5 Å². The van der Waals surface area contributed by atoms with E-state index in [-0.39, 0.29) is 0 Å². The van der Waals surface area contributed by atoms with E-state index in [0.717, 1.165) is 17.4 Å². The van der Waals surface area contributed by atoms with Gasteiger partial charge in [-0.15, -0.1) is 0 Å². The van der Waals surface area contributed by atoms with Gasteiger partial charge < -0.3 is 15.2 Å². The number of hydrogen-bond donors (Lipinski definition) is 1. The summed E-state index contributed by atoms with van der Waals surface area (Å²) < 4.78 is 11.4. The van der Waals surface area contributed by atoms with Crippen LogP contribution in [0.3, 0.4) is 0 Å². The first kappa shape index (κ1) is 17.1. The minimum absolute atomic E-state index is 0.428. The van der Waals surface area contributed by atoms with Crippen LogP contribution in [0.2, 0.25) is 0 Å². The molecule has 0 aliphatic heterocycles. The van der Waals surface area contributed by atoms with Gasteiger partial charge in [-0.3, -0.25) is 0 Å². The number of rotatable bonds is 7. The molecule has 1 fully saturated rings. The number of benzene rings is 1. The Morgan fingerprint density at radius 1 is 1.14 bits per heavy atom. The van der Waals surface area contributed by atoms with Gasteiger partial charge in [-0.2, -0.15) is 0 Å². The Morgan fingerprint density at radius 2 is 1.86 bits per heavy atom. The Hall–Kier alpha value is -1.22. The lowest BCUT2D eigenvalue weighted by atomic mass is 9.73. The zero-order chi connectivity index (χ0) is 15.9. The summed E-state index contributed by atoms with van der Waals surface area (Å²) in [7, 11) is 0. The van der Waals surface area contributed by atoms with Crippen LogP contribution in [0.15, 0.2) is 18.2 Å². The molecule has 3 atom stereocenters. The van der Waals surface area contributed by atoms with Crippen molar-refractivity contribution in [2.24, 2.45) is 17.6 Å². The van der Waals surface area contributed by atoms with E-state index in [0.29, 0.717) is 31.6 Å². The molecular weight excluding hydrogens is 274 g/mol. The molecule has 1 aliphatic rings. The van der Waals surface area contributed by atoms with E-state index in [1.54, 1.807) is 0 Å². The topological polar surface area (TPSA) is 44.5 Å². The van der Waals surface area contributed by atoms with E-state index in [1.165, 1.54) is 31.2 Å². The van der Waals surface area contributed by atoms with Crippen molar-refractivity contribution in [1.29, 1.82) is 0 Å². The normalized spacial score (nSPS) is 23.1. The minimum atomic E-state index is 0.428. The van der Waals surface area contributed by atoms with E-state index in [1.807, 2.05) is 19.9 Å². The van der Waals surface area contributed by atoms with Gasteiger partial charge in [0.05, 0.1) is 13.2 Å². The summed E-state index contributed by atoms with van der Waals surface area (Å²) in [6.45, 7) is 8.37. The highest BCUT2D eigenvalue weighted by molar-refractivity contribution is 5.44. The lowest BCUT2D eigenvalue weighted by molar-refractivity contribution is 0.246. The molecule has 2 rings (SSSR count). The Morgan fingerprint density at radius 3 is 2.50 bits per heavy atom. The fraction of sp³-hybridized carbons (Fsp3) is 0.684. The molecule has 0 bridgehead atoms. The van der Waals surface area contributed by atoms with Gasteiger partial charge in [-0.25, -0.2) is 0 Å². The van der Waals surface area contributed by atoms with Crippen molar-refractivity contribution in [1.82, 2.24) is 0 Å². The van der Waals surface area contributed by atoms with Crippen LogP contribution < -0.4 is 15.2 Å². The summed E-state index contributed by atoms with van der Waals surface area (Å²) in [6.07, 6.45) is 5.28. The van der Waals surface area contributed by atoms with Crippen LogP contribution >= 0.6 is 0 Å². The van der Waals surface area contributed by atoms with Gasteiger partial charge in [0.1, 0.15) is 0 Å². The monoisotopic (exact) mass is 305 g/mol. The van der Waals surface area contributed by atoms with Crippen LogP contribution in [0.4, 0.5) is 0 Å². The quantitative estimate of drug-likeness (QED) is 0.814. The Balaban J connectivity index is 2.22. The largest absolute Gasteiger partial charge is 0.490 e. The molecule has 2 N–H and O–H groups in total. The molecule has 0 aromatic heterocycles. The molecule has 0 radical (unpaired) electrons. The summed E-state index contributed by atoms with van der Waals surface area (Å²) in [5.41, 5.74) is 7.43. The Bertz CT molecular complexity index is 461. The molecule has 0 saturated heterocycles. The molecule has 1 aromatic rings. The first-order chi connectivity index (χ1) is 10.7. The molecule has 0 spiro atoms. The Kier molecular flexibility index (Phi) is 6.56. The number of ether oxygens (including phenoxy) is 2. The third-order valence-electron chi connectivity index (χ3n) is 4.80. The van der Waals surface area contributed by atoms with Crippen molar-refractivity contribution < 1.29 is 9.47 Å². The van der Waals surface area contributed by atoms with E-state index < -0.39 is 0 Å². The first-order valence-corrected chi connectivity index (χ1v) is 8.79. The Labute approximate surface area is 135 Å². The average molecular weight is 305 g/mol. The first-order valence-electron chi connectivity index (χ1n) is 8.79. The molecule has 1 aliphatic carbocycles. The van der Waals surface area contributed by atoms with E-state index in [9.17, 15) is 0 Å². The second kappa shape index (κ2) is 8.42. The van der Waals surface area contributed by atoms with Gasteiger partial charge in [-0.1, -0.05) is 25.8 Å². The molecule has 22 heavy (non-hydrogen) atoms. The highest BCUT2D eigenvalue weighted by atomic mass is 16.5. The maximum Gasteiger partial charge on any atom is 0.161 e. The van der Waals surface area contributed by atoms with Crippen LogP contribution in [0.1, 0.15) is 57.9 Å². The van der Waals surface area contributed by atoms with E-state index in [4.69, 9.17) is 15.2 Å². The van der Waals surface area contributed by atoms with Crippen molar-refractivity contribution in [2.75, 3.05) is 19.8 Å². The SMILES string of the molecule is CCOc1ccc(C(CN)C2CCCC(C)C2)cc1OCC. The fourth-order valence-electron chi connectivity index (χ4n) is 3.75. The van der Waals surface area contributed by atoms with E-state index in [2.05, 4.69) is 19.1 Å². The lowest BCUT2D eigenvalue weighted by Gasteiger charge is -2.33. The molecule has 124 valence electrons. The summed E-state index contributed by atoms with van der Waals surface area (Å²) in [4.78, 5) is 0. The molecule has 0 heterocycles. The molecule has 1 saturated carbocycles. The molecular formula is C19H31NO2. The van der Waals surface area contributed by atoms with Crippen LogP contribution in [0, 0.1) is 11.8 Å². The van der Waals surface area contributed by atoms with Crippen LogP contribution in [-0.4, -0.2) is 19.8 Å². The smallest absolute Gasteiger partial charge is 0.161 e. The fourth-order valence-corrected chi connectivity index (χ4v) is 3.75. The third kappa shape index (κ3) is 4.16. The highest BCUT2D eigenvalue weighted by Crippen LogP contribution is 2.40. The highest BCUT2D eigenvalue weighted by Gasteiger charge is 2.27. The van der Waals surface area contributed by atoms with Gasteiger partial charge in [0, 0.05) is 0 Å². The van der Waals surface area contributed by atoms with Gasteiger partial charge in [0.2, 0.25) is 0 Å². The van der Waals surface area contributed by atoms with E-state index >= 15 is 0 Å².